The first-order valence-corrected chi connectivity index (χ1v) is 13.0. The summed E-state index contributed by atoms with van der Waals surface area (Å²) in [5.74, 6) is 0.583. The number of nitriles is 1. The summed E-state index contributed by atoms with van der Waals surface area (Å²) in [6.07, 6.45) is 14.7. The molecule has 1 aromatic carbocycles. The van der Waals surface area contributed by atoms with Gasteiger partial charge in [-0.3, -0.25) is 9.78 Å². The minimum absolute atomic E-state index is 0.206. The van der Waals surface area contributed by atoms with Gasteiger partial charge in [0.1, 0.15) is 6.07 Å². The molecule has 0 bridgehead atoms. The van der Waals surface area contributed by atoms with E-state index in [1.807, 2.05) is 12.3 Å². The van der Waals surface area contributed by atoms with Gasteiger partial charge in [-0.25, -0.2) is 0 Å². The second-order valence-corrected chi connectivity index (χ2v) is 9.90. The van der Waals surface area contributed by atoms with Gasteiger partial charge in [0.05, 0.1) is 11.3 Å². The topological polar surface area (TPSA) is 88.1 Å². The van der Waals surface area contributed by atoms with Crippen LogP contribution in [-0.4, -0.2) is 58.4 Å². The molecule has 1 amide bonds. The van der Waals surface area contributed by atoms with Crippen molar-refractivity contribution in [2.45, 2.75) is 39.0 Å². The maximum Gasteiger partial charge on any atom is 0.225 e. The smallest absolute Gasteiger partial charge is 0.225 e. The standard InChI is InChI=1S/C29H34N6O/c1-21-25-9-12-32-27(25)8-7-26(21)33-28-23(19-31-20-24(28)18-30)6-2-3-13-34-16-10-22(11-17-34)29(36)35-14-4-5-15-35/h2,6-9,12,19-20,22,32H,3-5,10-11,13-17H2,1H3,(H,31,33). The number of amides is 1. The molecule has 0 radical (unpaired) electrons. The number of hydrogen-bond acceptors (Lipinski definition) is 5. The number of aryl methyl sites for hydroxylation is 1. The number of aromatic nitrogens is 2. The third-order valence-electron chi connectivity index (χ3n) is 7.62. The monoisotopic (exact) mass is 482 g/mol. The van der Waals surface area contributed by atoms with E-state index in [1.54, 1.807) is 12.4 Å². The van der Waals surface area contributed by atoms with Crippen molar-refractivity contribution in [2.75, 3.05) is 38.0 Å². The van der Waals surface area contributed by atoms with Crippen LogP contribution in [0.25, 0.3) is 17.0 Å². The average Bonchev–Trinajstić information content (AvgIpc) is 3.62. The normalized spacial score (nSPS) is 17.2. The Bertz CT molecular complexity index is 1290. The summed E-state index contributed by atoms with van der Waals surface area (Å²) in [7, 11) is 0. The van der Waals surface area contributed by atoms with Crippen LogP contribution >= 0.6 is 0 Å². The number of likely N-dealkylation sites (tertiary alicyclic amines) is 2. The van der Waals surface area contributed by atoms with E-state index in [9.17, 15) is 10.1 Å². The van der Waals surface area contributed by atoms with Crippen molar-refractivity contribution in [3.05, 3.63) is 59.6 Å². The van der Waals surface area contributed by atoms with Gasteiger partial charge in [0, 0.05) is 66.3 Å². The zero-order valence-electron chi connectivity index (χ0n) is 21.0. The summed E-state index contributed by atoms with van der Waals surface area (Å²) in [4.78, 5) is 24.7. The fourth-order valence-electron chi connectivity index (χ4n) is 5.45. The highest BCUT2D eigenvalue weighted by Gasteiger charge is 2.29. The Balaban J connectivity index is 1.20. The van der Waals surface area contributed by atoms with Gasteiger partial charge < -0.3 is 20.1 Å². The summed E-state index contributed by atoms with van der Waals surface area (Å²) in [6.45, 7) is 6.92. The molecule has 7 heteroatoms. The van der Waals surface area contributed by atoms with Crippen LogP contribution in [0.2, 0.25) is 0 Å². The predicted octanol–water partition coefficient (Wildman–Crippen LogP) is 5.22. The van der Waals surface area contributed by atoms with Gasteiger partial charge in [-0.15, -0.1) is 0 Å². The first-order chi connectivity index (χ1) is 17.6. The molecule has 5 rings (SSSR count). The number of fused-ring (bicyclic) bond motifs is 1. The number of hydrogen-bond donors (Lipinski definition) is 2. The molecule has 0 unspecified atom stereocenters. The lowest BCUT2D eigenvalue weighted by molar-refractivity contribution is -0.135. The van der Waals surface area contributed by atoms with Gasteiger partial charge in [-0.1, -0.05) is 12.2 Å². The van der Waals surface area contributed by atoms with Crippen molar-refractivity contribution in [1.82, 2.24) is 19.8 Å². The number of nitrogens with one attached hydrogen (secondary N) is 2. The number of nitrogens with zero attached hydrogens (tertiary/aromatic N) is 4. The van der Waals surface area contributed by atoms with Crippen LogP contribution in [0.15, 0.2) is 42.9 Å². The van der Waals surface area contributed by atoms with Crippen LogP contribution in [0.4, 0.5) is 11.4 Å². The molecule has 0 spiro atoms. The zero-order chi connectivity index (χ0) is 24.9. The highest BCUT2D eigenvalue weighted by molar-refractivity contribution is 5.90. The van der Waals surface area contributed by atoms with Crippen molar-refractivity contribution in [2.24, 2.45) is 5.92 Å². The fraction of sp³-hybridized carbons (Fsp3) is 0.414. The number of carbonyl (C=O) groups excluding carboxylic acids is 1. The first kappa shape index (κ1) is 24.1. The first-order valence-electron chi connectivity index (χ1n) is 13.0. The summed E-state index contributed by atoms with van der Waals surface area (Å²) >= 11 is 0. The third-order valence-corrected chi connectivity index (χ3v) is 7.62. The molecule has 3 aromatic rings. The molecule has 4 heterocycles. The van der Waals surface area contributed by atoms with Crippen molar-refractivity contribution in [3.8, 4) is 6.07 Å². The fourth-order valence-corrected chi connectivity index (χ4v) is 5.45. The van der Waals surface area contributed by atoms with Crippen LogP contribution in [-0.2, 0) is 4.79 Å². The van der Waals surface area contributed by atoms with E-state index in [-0.39, 0.29) is 5.92 Å². The van der Waals surface area contributed by atoms with Crippen molar-refractivity contribution in [1.29, 1.82) is 5.26 Å². The van der Waals surface area contributed by atoms with Crippen molar-refractivity contribution >= 4 is 34.3 Å². The lowest BCUT2D eigenvalue weighted by atomic mass is 9.95. The van der Waals surface area contributed by atoms with Crippen molar-refractivity contribution in [3.63, 3.8) is 0 Å². The van der Waals surface area contributed by atoms with Crippen LogP contribution in [0.1, 0.15) is 48.8 Å². The van der Waals surface area contributed by atoms with Gasteiger partial charge in [-0.2, -0.15) is 5.26 Å². The lowest BCUT2D eigenvalue weighted by Gasteiger charge is -2.32. The third kappa shape index (κ3) is 5.14. The van der Waals surface area contributed by atoms with Crippen LogP contribution in [0, 0.1) is 24.2 Å². The highest BCUT2D eigenvalue weighted by Crippen LogP contribution is 2.31. The number of H-pyrrole nitrogens is 1. The molecule has 2 aliphatic heterocycles. The Hall–Kier alpha value is -3.63. The zero-order valence-corrected chi connectivity index (χ0v) is 21.0. The Morgan fingerprint density at radius 1 is 1.19 bits per heavy atom. The average molecular weight is 483 g/mol. The number of pyridine rings is 1. The van der Waals surface area contributed by atoms with E-state index in [4.69, 9.17) is 0 Å². The second kappa shape index (κ2) is 11.0. The molecule has 36 heavy (non-hydrogen) atoms. The highest BCUT2D eigenvalue weighted by atomic mass is 16.2. The molecule has 2 N–H and O–H groups in total. The summed E-state index contributed by atoms with van der Waals surface area (Å²) in [5.41, 5.74) is 5.41. The Morgan fingerprint density at radius 3 is 2.78 bits per heavy atom. The van der Waals surface area contributed by atoms with E-state index in [1.165, 1.54) is 0 Å². The molecule has 2 saturated heterocycles. The predicted molar refractivity (Wildman–Crippen MR) is 144 cm³/mol. The molecule has 2 aliphatic rings. The van der Waals surface area contributed by atoms with Gasteiger partial charge >= 0.3 is 0 Å². The largest absolute Gasteiger partial charge is 0.361 e. The van der Waals surface area contributed by atoms with Gasteiger partial charge in [0.25, 0.3) is 0 Å². The number of piperidine rings is 1. The van der Waals surface area contributed by atoms with Crippen LogP contribution in [0.5, 0.6) is 0 Å². The number of anilines is 2. The number of carbonyl (C=O) groups is 1. The van der Waals surface area contributed by atoms with E-state index in [2.05, 4.69) is 62.4 Å². The number of benzene rings is 1. The molecule has 186 valence electrons. The molecule has 7 nitrogen and oxygen atoms in total. The summed E-state index contributed by atoms with van der Waals surface area (Å²) in [6, 6.07) is 8.44. The molecule has 2 fully saturated rings. The van der Waals surface area contributed by atoms with Crippen LogP contribution in [0.3, 0.4) is 0 Å². The van der Waals surface area contributed by atoms with E-state index < -0.39 is 0 Å². The van der Waals surface area contributed by atoms with Gasteiger partial charge in [0.15, 0.2) is 0 Å². The molecule has 2 aromatic heterocycles. The molecular formula is C29H34N6O. The maximum absolute atomic E-state index is 12.7. The van der Waals surface area contributed by atoms with E-state index >= 15 is 0 Å². The molecule has 0 aliphatic carbocycles. The molecule has 0 atom stereocenters. The van der Waals surface area contributed by atoms with E-state index in [0.29, 0.717) is 11.5 Å². The second-order valence-electron chi connectivity index (χ2n) is 9.90. The quantitative estimate of drug-likeness (QED) is 0.482. The number of aromatic amines is 1. The SMILES string of the molecule is Cc1c(Nc2c(C#N)cncc2C=CCCN2CCC(C(=O)N3CCCC3)CC2)ccc2[nH]ccc12. The number of rotatable bonds is 7. The summed E-state index contributed by atoms with van der Waals surface area (Å²) < 4.78 is 0. The van der Waals surface area contributed by atoms with Crippen LogP contribution < -0.4 is 5.32 Å². The van der Waals surface area contributed by atoms with Gasteiger partial charge in [-0.05, 0) is 75.9 Å². The minimum Gasteiger partial charge on any atom is -0.361 e. The minimum atomic E-state index is 0.206. The Kier molecular flexibility index (Phi) is 7.33. The molecular weight excluding hydrogens is 448 g/mol. The maximum atomic E-state index is 12.7. The molecule has 0 saturated carbocycles. The van der Waals surface area contributed by atoms with Gasteiger partial charge in [0.2, 0.25) is 5.91 Å². The van der Waals surface area contributed by atoms with Crippen molar-refractivity contribution < 1.29 is 4.79 Å². The lowest BCUT2D eigenvalue weighted by Crippen LogP contribution is -2.41. The Labute approximate surface area is 212 Å². The van der Waals surface area contributed by atoms with E-state index in [0.717, 1.165) is 98.2 Å². The Morgan fingerprint density at radius 2 is 2.00 bits per heavy atom. The summed E-state index contributed by atoms with van der Waals surface area (Å²) in [5, 5.41) is 14.4.